The summed E-state index contributed by atoms with van der Waals surface area (Å²) in [5.41, 5.74) is 0. The highest BCUT2D eigenvalue weighted by atomic mass is 16.5. The van der Waals surface area contributed by atoms with Gasteiger partial charge in [-0.1, -0.05) is 245 Å². The maximum atomic E-state index is 12.9. The van der Waals surface area contributed by atoms with E-state index in [1.54, 1.807) is 0 Å². The minimum Gasteiger partial charge on any atom is -0.465 e. The SMILES string of the molecule is CCCCCCCCCCCCCCCCCCCCOC(=O)C1CCCCC1C(=O)OCCCCCCCCCCCCCCCCCCCC. The van der Waals surface area contributed by atoms with Crippen LogP contribution in [0.5, 0.6) is 0 Å². The monoisotopic (exact) mass is 733 g/mol. The van der Waals surface area contributed by atoms with Crippen molar-refractivity contribution in [2.75, 3.05) is 13.2 Å². The zero-order valence-electron chi connectivity index (χ0n) is 35.5. The Kier molecular flexibility index (Phi) is 37.3. The Balaban J connectivity index is 1.91. The molecule has 0 bridgehead atoms. The second kappa shape index (κ2) is 39.6. The lowest BCUT2D eigenvalue weighted by Crippen LogP contribution is -2.35. The molecule has 4 nitrogen and oxygen atoms in total. The van der Waals surface area contributed by atoms with Gasteiger partial charge >= 0.3 is 11.9 Å². The molecule has 308 valence electrons. The van der Waals surface area contributed by atoms with E-state index in [1.165, 1.54) is 205 Å². The first kappa shape index (κ1) is 49.0. The minimum atomic E-state index is -0.308. The van der Waals surface area contributed by atoms with E-state index in [4.69, 9.17) is 9.47 Å². The van der Waals surface area contributed by atoms with Crippen molar-refractivity contribution in [3.63, 3.8) is 0 Å². The summed E-state index contributed by atoms with van der Waals surface area (Å²) in [5.74, 6) is -0.946. The number of carbonyl (C=O) groups is 2. The molecule has 0 saturated heterocycles. The molecule has 0 N–H and O–H groups in total. The molecule has 1 aliphatic carbocycles. The van der Waals surface area contributed by atoms with Crippen LogP contribution in [0.4, 0.5) is 0 Å². The summed E-state index contributed by atoms with van der Waals surface area (Å²) in [6.45, 7) is 5.57. The molecule has 1 rings (SSSR count). The summed E-state index contributed by atoms with van der Waals surface area (Å²) in [5, 5.41) is 0. The zero-order valence-corrected chi connectivity index (χ0v) is 35.5. The molecule has 1 fully saturated rings. The number of hydrogen-bond acceptors (Lipinski definition) is 4. The average Bonchev–Trinajstić information content (AvgIpc) is 3.16. The number of unbranched alkanes of at least 4 members (excludes halogenated alkanes) is 34. The maximum Gasteiger partial charge on any atom is 0.309 e. The van der Waals surface area contributed by atoms with Gasteiger partial charge in [0.15, 0.2) is 0 Å². The van der Waals surface area contributed by atoms with Crippen LogP contribution in [0.1, 0.15) is 271 Å². The van der Waals surface area contributed by atoms with Gasteiger partial charge in [0.1, 0.15) is 0 Å². The normalized spacial score (nSPS) is 16.0. The third-order valence-electron chi connectivity index (χ3n) is 11.9. The van der Waals surface area contributed by atoms with Crippen LogP contribution in [0.3, 0.4) is 0 Å². The molecular weight excluding hydrogens is 641 g/mol. The molecule has 0 heterocycles. The van der Waals surface area contributed by atoms with Crippen LogP contribution in [0.2, 0.25) is 0 Å². The second-order valence-electron chi connectivity index (χ2n) is 16.9. The van der Waals surface area contributed by atoms with Crippen molar-refractivity contribution >= 4 is 11.9 Å². The lowest BCUT2D eigenvalue weighted by Gasteiger charge is -2.28. The van der Waals surface area contributed by atoms with Crippen molar-refractivity contribution in [1.29, 1.82) is 0 Å². The second-order valence-corrected chi connectivity index (χ2v) is 16.9. The number of hydrogen-bond donors (Lipinski definition) is 0. The van der Waals surface area contributed by atoms with Crippen LogP contribution in [0, 0.1) is 11.8 Å². The topological polar surface area (TPSA) is 52.6 Å². The Morgan fingerprint density at radius 2 is 0.519 bits per heavy atom. The molecule has 0 aromatic rings. The van der Waals surface area contributed by atoms with Crippen molar-refractivity contribution < 1.29 is 19.1 Å². The largest absolute Gasteiger partial charge is 0.465 e. The molecule has 2 unspecified atom stereocenters. The first-order valence-corrected chi connectivity index (χ1v) is 24.0. The molecule has 52 heavy (non-hydrogen) atoms. The van der Waals surface area contributed by atoms with Crippen LogP contribution in [-0.2, 0) is 19.1 Å². The molecule has 0 amide bonds. The fraction of sp³-hybridized carbons (Fsp3) is 0.958. The van der Waals surface area contributed by atoms with Gasteiger partial charge in [-0.3, -0.25) is 9.59 Å². The first-order chi connectivity index (χ1) is 25.7. The van der Waals surface area contributed by atoms with Gasteiger partial charge in [-0.15, -0.1) is 0 Å². The molecule has 1 aliphatic rings. The highest BCUT2D eigenvalue weighted by molar-refractivity contribution is 5.82. The Morgan fingerprint density at radius 1 is 0.327 bits per heavy atom. The van der Waals surface area contributed by atoms with Crippen molar-refractivity contribution in [2.24, 2.45) is 11.8 Å². The summed E-state index contributed by atoms with van der Waals surface area (Å²) in [4.78, 5) is 25.8. The quantitative estimate of drug-likeness (QED) is 0.0465. The van der Waals surface area contributed by atoms with E-state index in [9.17, 15) is 9.59 Å². The Labute approximate surface area is 325 Å². The van der Waals surface area contributed by atoms with Crippen molar-refractivity contribution in [3.05, 3.63) is 0 Å². The van der Waals surface area contributed by atoms with Crippen LogP contribution in [-0.4, -0.2) is 25.2 Å². The van der Waals surface area contributed by atoms with E-state index < -0.39 is 0 Å². The number of ether oxygens (including phenoxy) is 2. The van der Waals surface area contributed by atoms with Gasteiger partial charge in [0.05, 0.1) is 25.0 Å². The summed E-state index contributed by atoms with van der Waals surface area (Å²) < 4.78 is 11.4. The van der Waals surface area contributed by atoms with Crippen molar-refractivity contribution in [1.82, 2.24) is 0 Å². The van der Waals surface area contributed by atoms with E-state index in [2.05, 4.69) is 13.8 Å². The predicted molar refractivity (Wildman–Crippen MR) is 225 cm³/mol. The highest BCUT2D eigenvalue weighted by Crippen LogP contribution is 2.32. The van der Waals surface area contributed by atoms with Gasteiger partial charge < -0.3 is 9.47 Å². The average molecular weight is 733 g/mol. The molecule has 4 heteroatoms. The molecule has 1 saturated carbocycles. The standard InChI is InChI=1S/C48H92O4/c1-3-5-7-9-11-13-15-17-19-21-23-25-27-29-31-33-35-39-43-51-47(49)45-41-37-38-42-46(45)48(50)52-44-40-36-34-32-30-28-26-24-22-20-18-16-14-12-10-8-6-4-2/h45-46H,3-44H2,1-2H3. The van der Waals surface area contributed by atoms with Crippen LogP contribution in [0.25, 0.3) is 0 Å². The summed E-state index contributed by atoms with van der Waals surface area (Å²) in [6.07, 6.45) is 52.2. The summed E-state index contributed by atoms with van der Waals surface area (Å²) in [6, 6.07) is 0. The van der Waals surface area contributed by atoms with E-state index in [0.717, 1.165) is 51.4 Å². The van der Waals surface area contributed by atoms with Crippen molar-refractivity contribution in [2.45, 2.75) is 271 Å². The molecule has 0 aliphatic heterocycles. The van der Waals surface area contributed by atoms with Crippen molar-refractivity contribution in [3.8, 4) is 0 Å². The molecule has 0 aromatic carbocycles. The number of carbonyl (C=O) groups excluding carboxylic acids is 2. The number of esters is 2. The molecule has 0 aromatic heterocycles. The zero-order chi connectivity index (χ0) is 37.4. The number of rotatable bonds is 40. The molecular formula is C48H92O4. The van der Waals surface area contributed by atoms with E-state index in [1.807, 2.05) is 0 Å². The Hall–Kier alpha value is -1.06. The van der Waals surface area contributed by atoms with Gasteiger partial charge in [-0.25, -0.2) is 0 Å². The van der Waals surface area contributed by atoms with E-state index in [-0.39, 0.29) is 23.8 Å². The van der Waals surface area contributed by atoms with Gasteiger partial charge in [-0.2, -0.15) is 0 Å². The third-order valence-corrected chi connectivity index (χ3v) is 11.9. The fourth-order valence-corrected chi connectivity index (χ4v) is 8.26. The first-order valence-electron chi connectivity index (χ1n) is 24.0. The molecule has 0 radical (unpaired) electrons. The summed E-state index contributed by atoms with van der Waals surface area (Å²) >= 11 is 0. The van der Waals surface area contributed by atoms with E-state index >= 15 is 0 Å². The van der Waals surface area contributed by atoms with Crippen LogP contribution in [0.15, 0.2) is 0 Å². The molecule has 0 spiro atoms. The fourth-order valence-electron chi connectivity index (χ4n) is 8.26. The van der Waals surface area contributed by atoms with Gasteiger partial charge in [-0.05, 0) is 25.7 Å². The van der Waals surface area contributed by atoms with Crippen LogP contribution >= 0.6 is 0 Å². The Morgan fingerprint density at radius 3 is 0.731 bits per heavy atom. The lowest BCUT2D eigenvalue weighted by atomic mass is 9.79. The van der Waals surface area contributed by atoms with Gasteiger partial charge in [0.25, 0.3) is 0 Å². The van der Waals surface area contributed by atoms with E-state index in [0.29, 0.717) is 13.2 Å². The van der Waals surface area contributed by atoms with Gasteiger partial charge in [0, 0.05) is 0 Å². The van der Waals surface area contributed by atoms with Gasteiger partial charge in [0.2, 0.25) is 0 Å². The maximum absolute atomic E-state index is 12.9. The summed E-state index contributed by atoms with van der Waals surface area (Å²) in [7, 11) is 0. The molecule has 2 atom stereocenters. The lowest BCUT2D eigenvalue weighted by molar-refractivity contribution is -0.163. The smallest absolute Gasteiger partial charge is 0.309 e. The third kappa shape index (κ3) is 31.3. The van der Waals surface area contributed by atoms with Crippen LogP contribution < -0.4 is 0 Å². The Bertz CT molecular complexity index is 689. The predicted octanol–water partition coefficient (Wildman–Crippen LogP) is 16.0. The highest BCUT2D eigenvalue weighted by Gasteiger charge is 2.37. The minimum absolute atomic E-state index is 0.165.